The SMILES string of the molecule is CC(C)NC(=O)Nc1ccc(C(=O)N(C)C(C)c2cccc(S(N)(=O)=O)c2)cc1. The highest BCUT2D eigenvalue weighted by Crippen LogP contribution is 2.23. The first-order valence-electron chi connectivity index (χ1n) is 9.06. The Morgan fingerprint density at radius 1 is 1.03 bits per heavy atom. The number of hydrogen-bond donors (Lipinski definition) is 3. The largest absolute Gasteiger partial charge is 0.336 e. The van der Waals surface area contributed by atoms with Gasteiger partial charge in [-0.3, -0.25) is 4.79 Å². The molecule has 2 aromatic rings. The summed E-state index contributed by atoms with van der Waals surface area (Å²) in [6.07, 6.45) is 0. The van der Waals surface area contributed by atoms with E-state index in [-0.39, 0.29) is 28.9 Å². The van der Waals surface area contributed by atoms with Crippen molar-refractivity contribution >= 4 is 27.6 Å². The van der Waals surface area contributed by atoms with E-state index in [1.165, 1.54) is 17.0 Å². The molecule has 2 rings (SSSR count). The molecular formula is C20H26N4O4S. The normalized spacial score (nSPS) is 12.3. The third kappa shape index (κ3) is 6.03. The number of hydrogen-bond acceptors (Lipinski definition) is 4. The number of carbonyl (C=O) groups is 2. The molecule has 0 aromatic heterocycles. The average molecular weight is 419 g/mol. The lowest BCUT2D eigenvalue weighted by Crippen LogP contribution is -2.34. The quantitative estimate of drug-likeness (QED) is 0.667. The van der Waals surface area contributed by atoms with E-state index in [2.05, 4.69) is 10.6 Å². The number of anilines is 1. The lowest BCUT2D eigenvalue weighted by Gasteiger charge is -2.26. The number of nitrogens with two attached hydrogens (primary N) is 1. The van der Waals surface area contributed by atoms with Crippen molar-refractivity contribution in [3.05, 3.63) is 59.7 Å². The molecule has 0 fully saturated rings. The Hall–Kier alpha value is -2.91. The van der Waals surface area contributed by atoms with Crippen LogP contribution < -0.4 is 15.8 Å². The smallest absolute Gasteiger partial charge is 0.319 e. The maximum absolute atomic E-state index is 12.8. The van der Waals surface area contributed by atoms with Gasteiger partial charge >= 0.3 is 6.03 Å². The fourth-order valence-electron chi connectivity index (χ4n) is 2.68. The van der Waals surface area contributed by atoms with Crippen LogP contribution in [-0.4, -0.2) is 38.3 Å². The number of nitrogens with zero attached hydrogens (tertiary/aromatic N) is 1. The summed E-state index contributed by atoms with van der Waals surface area (Å²) in [4.78, 5) is 26.1. The number of rotatable bonds is 6. The van der Waals surface area contributed by atoms with Crippen molar-refractivity contribution in [2.24, 2.45) is 5.14 Å². The number of benzene rings is 2. The van der Waals surface area contributed by atoms with Crippen LogP contribution in [0, 0.1) is 0 Å². The molecule has 0 radical (unpaired) electrons. The average Bonchev–Trinajstić information content (AvgIpc) is 2.65. The molecule has 0 spiro atoms. The van der Waals surface area contributed by atoms with E-state index in [1.807, 2.05) is 13.8 Å². The van der Waals surface area contributed by atoms with Gasteiger partial charge in [0, 0.05) is 24.3 Å². The molecular weight excluding hydrogens is 392 g/mol. The first-order chi connectivity index (χ1) is 13.5. The van der Waals surface area contributed by atoms with Crippen LogP contribution in [0.25, 0.3) is 0 Å². The highest BCUT2D eigenvalue weighted by Gasteiger charge is 2.20. The first kappa shape index (κ1) is 22.4. The van der Waals surface area contributed by atoms with Gasteiger partial charge in [0.2, 0.25) is 10.0 Å². The number of sulfonamides is 1. The zero-order valence-corrected chi connectivity index (χ0v) is 17.7. The number of carbonyl (C=O) groups excluding carboxylic acids is 2. The van der Waals surface area contributed by atoms with Gasteiger partial charge in [-0.1, -0.05) is 12.1 Å². The van der Waals surface area contributed by atoms with E-state index in [4.69, 9.17) is 5.14 Å². The molecule has 0 heterocycles. The summed E-state index contributed by atoms with van der Waals surface area (Å²) in [5.41, 5.74) is 1.66. The summed E-state index contributed by atoms with van der Waals surface area (Å²) >= 11 is 0. The lowest BCUT2D eigenvalue weighted by molar-refractivity contribution is 0.0742. The van der Waals surface area contributed by atoms with E-state index < -0.39 is 10.0 Å². The summed E-state index contributed by atoms with van der Waals surface area (Å²) in [5, 5.41) is 10.6. The molecule has 0 aliphatic heterocycles. The molecule has 3 amide bonds. The Kier molecular flexibility index (Phi) is 6.99. The fraction of sp³-hybridized carbons (Fsp3) is 0.300. The second-order valence-corrected chi connectivity index (χ2v) is 8.60. The first-order valence-corrected chi connectivity index (χ1v) is 10.6. The summed E-state index contributed by atoms with van der Waals surface area (Å²) < 4.78 is 23.1. The van der Waals surface area contributed by atoms with Gasteiger partial charge in [-0.25, -0.2) is 18.4 Å². The van der Waals surface area contributed by atoms with E-state index >= 15 is 0 Å². The summed E-state index contributed by atoms with van der Waals surface area (Å²) in [7, 11) is -2.18. The minimum absolute atomic E-state index is 0.00204. The van der Waals surface area contributed by atoms with Crippen LogP contribution in [0.4, 0.5) is 10.5 Å². The third-order valence-corrected chi connectivity index (χ3v) is 5.29. The number of nitrogens with one attached hydrogen (secondary N) is 2. The summed E-state index contributed by atoms with van der Waals surface area (Å²) in [5.74, 6) is -0.239. The van der Waals surface area contributed by atoms with Crippen molar-refractivity contribution < 1.29 is 18.0 Å². The molecule has 0 saturated carbocycles. The van der Waals surface area contributed by atoms with Crippen LogP contribution in [0.15, 0.2) is 53.4 Å². The van der Waals surface area contributed by atoms with Crippen LogP contribution in [0.3, 0.4) is 0 Å². The van der Waals surface area contributed by atoms with Crippen molar-refractivity contribution in [1.82, 2.24) is 10.2 Å². The maximum Gasteiger partial charge on any atom is 0.319 e. The maximum atomic E-state index is 12.8. The van der Waals surface area contributed by atoms with E-state index in [0.717, 1.165) is 0 Å². The molecule has 4 N–H and O–H groups in total. The topological polar surface area (TPSA) is 122 Å². The van der Waals surface area contributed by atoms with Crippen molar-refractivity contribution in [1.29, 1.82) is 0 Å². The van der Waals surface area contributed by atoms with Crippen molar-refractivity contribution in [2.45, 2.75) is 37.8 Å². The molecule has 29 heavy (non-hydrogen) atoms. The molecule has 0 aliphatic carbocycles. The second-order valence-electron chi connectivity index (χ2n) is 7.04. The summed E-state index contributed by atoms with van der Waals surface area (Å²) in [6.45, 7) is 5.51. The predicted molar refractivity (Wildman–Crippen MR) is 112 cm³/mol. The van der Waals surface area contributed by atoms with Crippen LogP contribution in [0.2, 0.25) is 0 Å². The van der Waals surface area contributed by atoms with E-state index in [9.17, 15) is 18.0 Å². The van der Waals surface area contributed by atoms with E-state index in [0.29, 0.717) is 16.8 Å². The van der Waals surface area contributed by atoms with Crippen molar-refractivity contribution in [2.75, 3.05) is 12.4 Å². The highest BCUT2D eigenvalue weighted by molar-refractivity contribution is 7.89. The van der Waals surface area contributed by atoms with Crippen LogP contribution in [0.5, 0.6) is 0 Å². The van der Waals surface area contributed by atoms with E-state index in [1.54, 1.807) is 50.4 Å². The minimum Gasteiger partial charge on any atom is -0.336 e. The molecule has 2 aromatic carbocycles. The van der Waals surface area contributed by atoms with Gasteiger partial charge in [0.25, 0.3) is 5.91 Å². The zero-order chi connectivity index (χ0) is 21.8. The molecule has 8 nitrogen and oxygen atoms in total. The number of urea groups is 1. The van der Waals surface area contributed by atoms with Gasteiger partial charge in [-0.15, -0.1) is 0 Å². The van der Waals surface area contributed by atoms with Gasteiger partial charge in [-0.05, 0) is 62.7 Å². The van der Waals surface area contributed by atoms with Crippen molar-refractivity contribution in [3.63, 3.8) is 0 Å². The minimum atomic E-state index is -3.82. The zero-order valence-electron chi connectivity index (χ0n) is 16.8. The Bertz CT molecular complexity index is 988. The monoisotopic (exact) mass is 418 g/mol. The summed E-state index contributed by atoms with van der Waals surface area (Å²) in [6, 6.07) is 12.1. The van der Waals surface area contributed by atoms with Gasteiger partial charge in [0.15, 0.2) is 0 Å². The van der Waals surface area contributed by atoms with Gasteiger partial charge in [0.05, 0.1) is 10.9 Å². The molecule has 0 bridgehead atoms. The second kappa shape index (κ2) is 9.06. The Morgan fingerprint density at radius 2 is 1.66 bits per heavy atom. The fourth-order valence-corrected chi connectivity index (χ4v) is 3.25. The molecule has 156 valence electrons. The molecule has 0 saturated heterocycles. The molecule has 1 atom stereocenters. The molecule has 9 heteroatoms. The van der Waals surface area contributed by atoms with Gasteiger partial charge in [-0.2, -0.15) is 0 Å². The predicted octanol–water partition coefficient (Wildman–Crippen LogP) is 2.70. The van der Waals surface area contributed by atoms with Gasteiger partial charge < -0.3 is 15.5 Å². The third-order valence-electron chi connectivity index (χ3n) is 4.38. The van der Waals surface area contributed by atoms with Crippen LogP contribution >= 0.6 is 0 Å². The standard InChI is InChI=1S/C20H26N4O4S/c1-13(2)22-20(26)23-17-10-8-15(9-11-17)19(25)24(4)14(3)16-6-5-7-18(12-16)29(21,27)28/h5-14H,1-4H3,(H2,21,27,28)(H2,22,23,26). The number of amides is 3. The molecule has 0 aliphatic rings. The Balaban J connectivity index is 2.12. The lowest BCUT2D eigenvalue weighted by atomic mass is 10.1. The van der Waals surface area contributed by atoms with Gasteiger partial charge in [0.1, 0.15) is 0 Å². The van der Waals surface area contributed by atoms with Crippen LogP contribution in [0.1, 0.15) is 42.7 Å². The molecule has 1 unspecified atom stereocenters. The Labute approximate surface area is 171 Å². The van der Waals surface area contributed by atoms with Crippen LogP contribution in [-0.2, 0) is 10.0 Å². The Morgan fingerprint density at radius 3 is 2.21 bits per heavy atom. The van der Waals surface area contributed by atoms with Crippen molar-refractivity contribution in [3.8, 4) is 0 Å². The number of primary sulfonamides is 1. The highest BCUT2D eigenvalue weighted by atomic mass is 32.2.